The monoisotopic (exact) mass is 641 g/mol. The number of rotatable bonds is 5. The van der Waals surface area contributed by atoms with Gasteiger partial charge in [-0.3, -0.25) is 0 Å². The third kappa shape index (κ3) is 6.25. The Kier molecular flexibility index (Phi) is 9.67. The van der Waals surface area contributed by atoms with Crippen LogP contribution < -0.4 is 14.5 Å². The van der Waals surface area contributed by atoms with Crippen molar-refractivity contribution in [3.8, 4) is 5.75 Å². The predicted octanol–water partition coefficient (Wildman–Crippen LogP) is 8.50. The van der Waals surface area contributed by atoms with Gasteiger partial charge in [0.05, 0.1) is 0 Å². The van der Waals surface area contributed by atoms with E-state index in [1.54, 1.807) is 0 Å². The third-order valence-corrected chi connectivity index (χ3v) is 12.0. The van der Waals surface area contributed by atoms with Crippen molar-refractivity contribution in [2.45, 2.75) is 61.5 Å². The normalized spacial score (nSPS) is 14.1. The summed E-state index contributed by atoms with van der Waals surface area (Å²) in [5.41, 5.74) is 10.8. The molecule has 0 saturated carbocycles. The number of hydrogen-bond acceptors (Lipinski definition) is 3. The molecule has 4 rings (SSSR count). The first-order chi connectivity index (χ1) is 17.4. The molecule has 208 valence electrons. The van der Waals surface area contributed by atoms with E-state index in [0.717, 1.165) is 28.8 Å². The Bertz CT molecular complexity index is 1350. The molecular formula is C32H41Cl2N2ORu-. The zero-order valence-electron chi connectivity index (χ0n) is 24.1. The van der Waals surface area contributed by atoms with Gasteiger partial charge in [0.2, 0.25) is 0 Å². The van der Waals surface area contributed by atoms with Gasteiger partial charge in [-0.05, 0) is 0 Å². The van der Waals surface area contributed by atoms with Crippen LogP contribution in [0.5, 0.6) is 5.75 Å². The average Bonchev–Trinajstić information content (AvgIpc) is 3.18. The topological polar surface area (TPSA) is 15.7 Å². The molecule has 3 aromatic carbocycles. The minimum Gasteiger partial charge on any atom is -0.358 e. The molecule has 0 radical (unpaired) electrons. The fourth-order valence-electron chi connectivity index (χ4n) is 5.49. The third-order valence-electron chi connectivity index (χ3n) is 6.52. The molecule has 6 heteroatoms. The van der Waals surface area contributed by atoms with Gasteiger partial charge in [-0.25, -0.2) is 0 Å². The van der Waals surface area contributed by atoms with Crippen molar-refractivity contribution < 1.29 is 16.6 Å². The molecule has 0 aliphatic carbocycles. The summed E-state index contributed by atoms with van der Waals surface area (Å²) in [7, 11) is 15.1. The van der Waals surface area contributed by atoms with E-state index >= 15 is 0 Å². The maximum absolute atomic E-state index is 7.55. The Morgan fingerprint density at radius 1 is 0.763 bits per heavy atom. The van der Waals surface area contributed by atoms with Crippen LogP contribution in [0.25, 0.3) is 0 Å². The molecule has 38 heavy (non-hydrogen) atoms. The van der Waals surface area contributed by atoms with E-state index in [2.05, 4.69) is 80.2 Å². The van der Waals surface area contributed by atoms with Crippen molar-refractivity contribution in [1.82, 2.24) is 0 Å². The SMILES string of the molecule is Cc1cc(C)c(N2CCN(c3c(C)cc(C)cc3C)[C]2=[Ru]([Cl])([Cl])=[CH]c2ccccc2OC(C)C)c(C)c1.[CH3-]. The summed E-state index contributed by atoms with van der Waals surface area (Å²) in [6.45, 7) is 18.7. The van der Waals surface area contributed by atoms with Crippen LogP contribution in [0.3, 0.4) is 0 Å². The maximum Gasteiger partial charge on any atom is -0.358 e. The first-order valence-corrected chi connectivity index (χ1v) is 19.0. The molecule has 0 atom stereocenters. The zero-order chi connectivity index (χ0) is 27.1. The van der Waals surface area contributed by atoms with Crippen LogP contribution in [0.15, 0.2) is 48.5 Å². The Labute approximate surface area is 240 Å². The van der Waals surface area contributed by atoms with Gasteiger partial charge < -0.3 is 7.43 Å². The van der Waals surface area contributed by atoms with Crippen LogP contribution in [0.4, 0.5) is 11.4 Å². The molecule has 0 aromatic heterocycles. The predicted molar refractivity (Wildman–Crippen MR) is 166 cm³/mol. The molecule has 0 unspecified atom stereocenters. The van der Waals surface area contributed by atoms with Gasteiger partial charge in [0, 0.05) is 0 Å². The Hall–Kier alpha value is -2.00. The van der Waals surface area contributed by atoms with Crippen LogP contribution in [0, 0.1) is 49.0 Å². The number of nitrogens with zero attached hydrogens (tertiary/aromatic N) is 2. The number of para-hydroxylation sites is 1. The summed E-state index contributed by atoms with van der Waals surface area (Å²) < 4.78 is 9.23. The van der Waals surface area contributed by atoms with E-state index in [1.165, 1.54) is 44.8 Å². The molecule has 0 spiro atoms. The average molecular weight is 642 g/mol. The van der Waals surface area contributed by atoms with Gasteiger partial charge >= 0.3 is 234 Å². The molecule has 3 aromatic rings. The van der Waals surface area contributed by atoms with Crippen molar-refractivity contribution in [3.63, 3.8) is 0 Å². The second-order valence-electron chi connectivity index (χ2n) is 10.3. The zero-order valence-corrected chi connectivity index (χ0v) is 27.3. The first-order valence-electron chi connectivity index (χ1n) is 12.7. The fraction of sp³-hybridized carbons (Fsp3) is 0.344. The van der Waals surface area contributed by atoms with Crippen LogP contribution in [0.1, 0.15) is 52.8 Å². The Morgan fingerprint density at radius 2 is 1.18 bits per heavy atom. The van der Waals surface area contributed by atoms with E-state index in [-0.39, 0.29) is 13.5 Å². The fourth-order valence-corrected chi connectivity index (χ4v) is 11.5. The summed E-state index contributed by atoms with van der Waals surface area (Å²) in [6.07, 6.45) is 0.0582. The molecule has 1 heterocycles. The molecule has 0 bridgehead atoms. The van der Waals surface area contributed by atoms with E-state index in [9.17, 15) is 0 Å². The molecule has 3 nitrogen and oxygen atoms in total. The number of halogens is 2. The summed E-state index contributed by atoms with van der Waals surface area (Å²) >= 11 is -3.62. The van der Waals surface area contributed by atoms with Gasteiger partial charge in [-0.1, -0.05) is 0 Å². The Morgan fingerprint density at radius 3 is 1.61 bits per heavy atom. The summed E-state index contributed by atoms with van der Waals surface area (Å²) in [5.74, 6) is 0.811. The smallest absolute Gasteiger partial charge is 0.358 e. The first kappa shape index (κ1) is 30.5. The molecule has 1 aliphatic heterocycles. The van der Waals surface area contributed by atoms with Crippen LogP contribution in [0.2, 0.25) is 0 Å². The minimum atomic E-state index is -3.62. The van der Waals surface area contributed by atoms with Gasteiger partial charge in [0.15, 0.2) is 0 Å². The maximum atomic E-state index is 7.55. The van der Waals surface area contributed by atoms with Crippen molar-refractivity contribution in [2.75, 3.05) is 22.9 Å². The van der Waals surface area contributed by atoms with Crippen LogP contribution in [-0.2, 0) is 11.9 Å². The van der Waals surface area contributed by atoms with Crippen molar-refractivity contribution in [1.29, 1.82) is 0 Å². The summed E-state index contributed by atoms with van der Waals surface area (Å²) in [4.78, 5) is 4.77. The summed E-state index contributed by atoms with van der Waals surface area (Å²) in [6, 6.07) is 17.0. The molecular weight excluding hydrogens is 600 g/mol. The number of anilines is 2. The van der Waals surface area contributed by atoms with E-state index in [4.69, 9.17) is 24.1 Å². The van der Waals surface area contributed by atoms with Crippen molar-refractivity contribution in [2.24, 2.45) is 0 Å². The van der Waals surface area contributed by atoms with Gasteiger partial charge in [-0.2, -0.15) is 0 Å². The second kappa shape index (κ2) is 12.0. The number of hydrogen-bond donors (Lipinski definition) is 0. The molecule has 1 aliphatic rings. The number of ether oxygens (including phenoxy) is 1. The molecule has 0 amide bonds. The molecule has 0 N–H and O–H groups in total. The second-order valence-corrected chi connectivity index (χ2v) is 19.5. The van der Waals surface area contributed by atoms with E-state index < -0.39 is 11.9 Å². The van der Waals surface area contributed by atoms with Gasteiger partial charge in [-0.15, -0.1) is 0 Å². The minimum absolute atomic E-state index is 0. The van der Waals surface area contributed by atoms with E-state index in [1.807, 2.05) is 38.1 Å². The van der Waals surface area contributed by atoms with Gasteiger partial charge in [0.1, 0.15) is 0 Å². The Balaban J connectivity index is 0.00000400. The summed E-state index contributed by atoms with van der Waals surface area (Å²) in [5, 5.41) is 0. The van der Waals surface area contributed by atoms with Crippen molar-refractivity contribution >= 4 is 39.7 Å². The van der Waals surface area contributed by atoms with Crippen LogP contribution in [-0.4, -0.2) is 28.2 Å². The molecule has 1 saturated heterocycles. The quantitative estimate of drug-likeness (QED) is 0.205. The number of benzene rings is 3. The number of aryl methyl sites for hydroxylation is 6. The standard InChI is InChI=1S/C21H26N2.C10H12O.CH3.2ClH.Ru/c1-14-9-16(3)20(17(4)10-14)22-7-8-23(13-22)21-18(5)11-15(2)12-19(21)6;1-8(2)11-10-7-5-4-6-9(10)3;;;;/h9-12H,7-8H2,1-6H3;3-8H,1-2H3;1H3;2*1H;/q;;-1;;;+2/p-2. The van der Waals surface area contributed by atoms with Crippen molar-refractivity contribution in [3.05, 3.63) is 94.9 Å². The van der Waals surface area contributed by atoms with E-state index in [0.29, 0.717) is 0 Å². The van der Waals surface area contributed by atoms with Gasteiger partial charge in [0.25, 0.3) is 0 Å². The molecule has 1 fully saturated rings. The van der Waals surface area contributed by atoms with Crippen LogP contribution >= 0.6 is 19.4 Å². The largest absolute Gasteiger partial charge is 0.358 e.